The third-order valence-corrected chi connectivity index (χ3v) is 6.99. The molecule has 2 fully saturated rings. The number of anilines is 1. The summed E-state index contributed by atoms with van der Waals surface area (Å²) >= 11 is 6.71. The first-order chi connectivity index (χ1) is 14.7. The van der Waals surface area contributed by atoms with Crippen LogP contribution in [0.5, 0.6) is 0 Å². The summed E-state index contributed by atoms with van der Waals surface area (Å²) in [5.74, 6) is 1.85. The summed E-state index contributed by atoms with van der Waals surface area (Å²) in [6, 6.07) is 5.53. The van der Waals surface area contributed by atoms with Gasteiger partial charge in [0.25, 0.3) is 11.5 Å². The lowest BCUT2D eigenvalue weighted by Crippen LogP contribution is -2.40. The Bertz CT molecular complexity index is 1110. The smallest absolute Gasteiger partial charge is 0.267 e. The summed E-state index contributed by atoms with van der Waals surface area (Å²) in [7, 11) is 0. The Balaban J connectivity index is 1.84. The molecule has 2 aliphatic heterocycles. The van der Waals surface area contributed by atoms with Crippen LogP contribution in [0.3, 0.4) is 0 Å². The zero-order chi connectivity index (χ0) is 22.3. The fraction of sp³-hybridized carbons (Fsp3) is 0.478. The largest absolute Gasteiger partial charge is 0.355 e. The van der Waals surface area contributed by atoms with Crippen molar-refractivity contribution in [3.63, 3.8) is 0 Å². The van der Waals surface area contributed by atoms with E-state index in [1.807, 2.05) is 18.2 Å². The highest BCUT2D eigenvalue weighted by Crippen LogP contribution is 2.35. The lowest BCUT2D eigenvalue weighted by Gasteiger charge is -2.36. The number of thiocarbonyl (C=S) groups is 1. The SMILES string of the molecule is CC(C)CN1C(=O)/C(=C\c2c(N3C[C@H](C)C[C@@H](C)C3)nc3ccccn3c2=O)SC1=S. The molecule has 2 aromatic rings. The minimum atomic E-state index is -0.166. The van der Waals surface area contributed by atoms with Crippen molar-refractivity contribution in [2.45, 2.75) is 34.1 Å². The van der Waals surface area contributed by atoms with Crippen LogP contribution in [0, 0.1) is 17.8 Å². The molecule has 6 nitrogen and oxygen atoms in total. The van der Waals surface area contributed by atoms with Gasteiger partial charge in [-0.15, -0.1) is 0 Å². The average Bonchev–Trinajstić information content (AvgIpc) is 2.96. The van der Waals surface area contributed by atoms with Crippen LogP contribution in [0.4, 0.5) is 5.82 Å². The Hall–Kier alpha value is -2.19. The predicted octanol–water partition coefficient (Wildman–Crippen LogP) is 4.03. The zero-order valence-electron chi connectivity index (χ0n) is 18.4. The van der Waals surface area contributed by atoms with Gasteiger partial charge in [0, 0.05) is 25.8 Å². The summed E-state index contributed by atoms with van der Waals surface area (Å²) in [5.41, 5.74) is 0.897. The maximum Gasteiger partial charge on any atom is 0.267 e. The van der Waals surface area contributed by atoms with Gasteiger partial charge in [0.1, 0.15) is 15.8 Å². The fourth-order valence-electron chi connectivity index (χ4n) is 4.45. The Kier molecular flexibility index (Phi) is 6.21. The van der Waals surface area contributed by atoms with Crippen molar-refractivity contribution in [3.05, 3.63) is 45.2 Å². The molecule has 0 bridgehead atoms. The van der Waals surface area contributed by atoms with Crippen LogP contribution in [-0.4, -0.2) is 44.1 Å². The molecular formula is C23H28N4O2S2. The van der Waals surface area contributed by atoms with E-state index >= 15 is 0 Å². The van der Waals surface area contributed by atoms with Gasteiger partial charge in [-0.1, -0.05) is 57.7 Å². The van der Waals surface area contributed by atoms with Gasteiger partial charge in [-0.05, 0) is 42.4 Å². The lowest BCUT2D eigenvalue weighted by molar-refractivity contribution is -0.122. The molecule has 0 aliphatic carbocycles. The number of hydrogen-bond donors (Lipinski definition) is 0. The number of hydrogen-bond acceptors (Lipinski definition) is 6. The number of aromatic nitrogens is 2. The van der Waals surface area contributed by atoms with Gasteiger partial charge < -0.3 is 4.90 Å². The zero-order valence-corrected chi connectivity index (χ0v) is 20.0. The molecule has 2 saturated heterocycles. The highest BCUT2D eigenvalue weighted by molar-refractivity contribution is 8.26. The molecule has 2 aliphatic rings. The van der Waals surface area contributed by atoms with Crippen molar-refractivity contribution < 1.29 is 4.79 Å². The van der Waals surface area contributed by atoms with Crippen molar-refractivity contribution >= 4 is 51.7 Å². The number of piperidine rings is 1. The Morgan fingerprint density at radius 1 is 1.23 bits per heavy atom. The van der Waals surface area contributed by atoms with Crippen LogP contribution in [0.15, 0.2) is 34.1 Å². The van der Waals surface area contributed by atoms with Crippen LogP contribution in [-0.2, 0) is 4.79 Å². The van der Waals surface area contributed by atoms with Gasteiger partial charge in [0.2, 0.25) is 0 Å². The molecule has 31 heavy (non-hydrogen) atoms. The standard InChI is InChI=1S/C23H28N4O2S2/c1-14(2)11-27-22(29)18(31-23(27)30)10-17-20(25-12-15(3)9-16(4)13-25)24-19-7-5-6-8-26(19)21(17)28/h5-8,10,14-16H,9,11-13H2,1-4H3/b18-10+/t15-,16-/m1/s1. The van der Waals surface area contributed by atoms with E-state index in [9.17, 15) is 9.59 Å². The van der Waals surface area contributed by atoms with Crippen LogP contribution < -0.4 is 10.5 Å². The van der Waals surface area contributed by atoms with E-state index < -0.39 is 0 Å². The molecule has 4 rings (SSSR count). The number of pyridine rings is 1. The molecule has 0 spiro atoms. The molecule has 0 radical (unpaired) electrons. The average molecular weight is 457 g/mol. The molecule has 1 amide bonds. The topological polar surface area (TPSA) is 57.9 Å². The van der Waals surface area contributed by atoms with Crippen LogP contribution in [0.1, 0.15) is 39.7 Å². The highest BCUT2D eigenvalue weighted by Gasteiger charge is 2.33. The minimum absolute atomic E-state index is 0.132. The van der Waals surface area contributed by atoms with Gasteiger partial charge in [-0.25, -0.2) is 4.98 Å². The first-order valence-electron chi connectivity index (χ1n) is 10.8. The summed E-state index contributed by atoms with van der Waals surface area (Å²) in [6.45, 7) is 10.8. The van der Waals surface area contributed by atoms with E-state index in [0.29, 0.717) is 50.6 Å². The fourth-order valence-corrected chi connectivity index (χ4v) is 5.70. The Morgan fingerprint density at radius 3 is 2.61 bits per heavy atom. The summed E-state index contributed by atoms with van der Waals surface area (Å²) in [5, 5.41) is 0. The maximum atomic E-state index is 13.5. The number of nitrogens with zero attached hydrogens (tertiary/aromatic N) is 4. The third-order valence-electron chi connectivity index (χ3n) is 5.61. The number of amides is 1. The van der Waals surface area contributed by atoms with E-state index in [1.54, 1.807) is 21.6 Å². The van der Waals surface area contributed by atoms with Crippen LogP contribution in [0.2, 0.25) is 0 Å². The number of thioether (sulfide) groups is 1. The molecule has 2 aromatic heterocycles. The summed E-state index contributed by atoms with van der Waals surface area (Å²) < 4.78 is 2.08. The minimum Gasteiger partial charge on any atom is -0.355 e. The van der Waals surface area contributed by atoms with Crippen LogP contribution in [0.25, 0.3) is 11.7 Å². The second-order valence-corrected chi connectivity index (χ2v) is 10.8. The predicted molar refractivity (Wildman–Crippen MR) is 131 cm³/mol. The van der Waals surface area contributed by atoms with Gasteiger partial charge in [0.15, 0.2) is 0 Å². The van der Waals surface area contributed by atoms with Crippen molar-refractivity contribution in [3.8, 4) is 0 Å². The van der Waals surface area contributed by atoms with Crippen molar-refractivity contribution in [2.24, 2.45) is 17.8 Å². The van der Waals surface area contributed by atoms with Gasteiger partial charge in [0.05, 0.1) is 10.5 Å². The third kappa shape index (κ3) is 4.41. The second-order valence-electron chi connectivity index (χ2n) is 9.12. The van der Waals surface area contributed by atoms with Crippen LogP contribution >= 0.6 is 24.0 Å². The number of fused-ring (bicyclic) bond motifs is 1. The first-order valence-corrected chi connectivity index (χ1v) is 12.0. The van der Waals surface area contributed by atoms with E-state index in [-0.39, 0.29) is 11.5 Å². The molecule has 0 N–H and O–H groups in total. The van der Waals surface area contributed by atoms with E-state index in [1.165, 1.54) is 11.8 Å². The molecule has 164 valence electrons. The number of carbonyl (C=O) groups is 1. The quantitative estimate of drug-likeness (QED) is 0.511. The monoisotopic (exact) mass is 456 g/mol. The van der Waals surface area contributed by atoms with Crippen molar-refractivity contribution in [1.82, 2.24) is 14.3 Å². The Labute approximate surface area is 192 Å². The van der Waals surface area contributed by atoms with Gasteiger partial charge in [-0.2, -0.15) is 0 Å². The molecule has 4 heterocycles. The molecule has 0 aromatic carbocycles. The lowest BCUT2D eigenvalue weighted by atomic mass is 9.91. The van der Waals surface area contributed by atoms with Crippen molar-refractivity contribution in [2.75, 3.05) is 24.5 Å². The normalized spacial score (nSPS) is 23.6. The van der Waals surface area contributed by atoms with Gasteiger partial charge >= 0.3 is 0 Å². The van der Waals surface area contributed by atoms with Gasteiger partial charge in [-0.3, -0.25) is 18.9 Å². The second kappa shape index (κ2) is 8.74. The molecule has 8 heteroatoms. The van der Waals surface area contributed by atoms with Crippen molar-refractivity contribution in [1.29, 1.82) is 0 Å². The highest BCUT2D eigenvalue weighted by atomic mass is 32.2. The molecule has 0 unspecified atom stereocenters. The molecule has 0 saturated carbocycles. The van der Waals surface area contributed by atoms with E-state index in [4.69, 9.17) is 17.2 Å². The summed E-state index contributed by atoms with van der Waals surface area (Å²) in [4.78, 5) is 35.7. The molecule has 2 atom stereocenters. The number of rotatable bonds is 4. The van der Waals surface area contributed by atoms with E-state index in [2.05, 4.69) is 32.6 Å². The Morgan fingerprint density at radius 2 is 1.94 bits per heavy atom. The number of carbonyl (C=O) groups excluding carboxylic acids is 1. The molecular weight excluding hydrogens is 428 g/mol. The van der Waals surface area contributed by atoms with E-state index in [0.717, 1.165) is 19.5 Å². The summed E-state index contributed by atoms with van der Waals surface area (Å²) in [6.07, 6.45) is 4.58. The maximum absolute atomic E-state index is 13.5. The first kappa shape index (κ1) is 22.0.